The number of hydrogen-bond donors (Lipinski definition) is 1. The normalized spacial score (nSPS) is 9.71. The smallest absolute Gasteiger partial charge is 0.124 e. The van der Waals surface area contributed by atoms with Gasteiger partial charge < -0.3 is 10.1 Å². The van der Waals surface area contributed by atoms with E-state index in [0.29, 0.717) is 23.7 Å². The number of nitrogens with one attached hydrogen (secondary N) is 1. The third-order valence-electron chi connectivity index (χ3n) is 2.90. The first-order chi connectivity index (χ1) is 10.2. The van der Waals surface area contributed by atoms with Crippen LogP contribution < -0.4 is 10.1 Å². The molecule has 0 bridgehead atoms. The summed E-state index contributed by atoms with van der Waals surface area (Å²) in [4.78, 5) is 0. The van der Waals surface area contributed by atoms with Gasteiger partial charge in [-0.25, -0.2) is 0 Å². The van der Waals surface area contributed by atoms with E-state index in [9.17, 15) is 0 Å². The van der Waals surface area contributed by atoms with Crippen molar-refractivity contribution in [1.82, 2.24) is 0 Å². The summed E-state index contributed by atoms with van der Waals surface area (Å²) in [6.45, 7) is 4.71. The third-order valence-corrected chi connectivity index (χ3v) is 3.23. The highest BCUT2D eigenvalue weighted by atomic mass is 35.5. The summed E-state index contributed by atoms with van der Waals surface area (Å²) in [6.07, 6.45) is 1.71. The highest BCUT2D eigenvalue weighted by Crippen LogP contribution is 2.22. The fourth-order valence-electron chi connectivity index (χ4n) is 1.86. The van der Waals surface area contributed by atoms with Crippen LogP contribution in [0.4, 0.5) is 5.69 Å². The lowest BCUT2D eigenvalue weighted by molar-refractivity contribution is 0.359. The molecule has 0 saturated carbocycles. The van der Waals surface area contributed by atoms with Crippen molar-refractivity contribution in [2.75, 3.05) is 11.9 Å². The van der Waals surface area contributed by atoms with Gasteiger partial charge in [0.05, 0.1) is 10.6 Å². The van der Waals surface area contributed by atoms with E-state index in [4.69, 9.17) is 21.6 Å². The molecule has 2 rings (SSSR count). The van der Waals surface area contributed by atoms with E-state index in [1.54, 1.807) is 18.2 Å². The van der Waals surface area contributed by atoms with Gasteiger partial charge in [-0.2, -0.15) is 5.26 Å². The summed E-state index contributed by atoms with van der Waals surface area (Å²) >= 11 is 5.92. The highest BCUT2D eigenvalue weighted by molar-refractivity contribution is 6.31. The topological polar surface area (TPSA) is 45.0 Å². The van der Waals surface area contributed by atoms with E-state index in [1.807, 2.05) is 30.3 Å². The van der Waals surface area contributed by atoms with Crippen LogP contribution in [0.5, 0.6) is 5.75 Å². The van der Waals surface area contributed by atoms with Gasteiger partial charge in [-0.1, -0.05) is 42.5 Å². The summed E-state index contributed by atoms with van der Waals surface area (Å²) in [7, 11) is 0. The van der Waals surface area contributed by atoms with E-state index in [2.05, 4.69) is 18.0 Å². The number of nitriles is 1. The maximum absolute atomic E-state index is 8.98. The predicted molar refractivity (Wildman–Crippen MR) is 85.6 cm³/mol. The molecule has 0 spiro atoms. The molecule has 0 heterocycles. The van der Waals surface area contributed by atoms with E-state index >= 15 is 0 Å². The van der Waals surface area contributed by atoms with Crippen LogP contribution in [0.1, 0.15) is 11.1 Å². The molecule has 0 aromatic heterocycles. The first kappa shape index (κ1) is 15.0. The summed E-state index contributed by atoms with van der Waals surface area (Å²) in [5.41, 5.74) is 2.33. The molecule has 0 fully saturated rings. The SMILES string of the molecule is C=CCOc1ccccc1CNc1ccc(Cl)c(C#N)c1. The zero-order valence-electron chi connectivity index (χ0n) is 11.5. The number of anilines is 1. The molecule has 0 amide bonds. The predicted octanol–water partition coefficient (Wildman–Crippen LogP) is 4.39. The zero-order valence-corrected chi connectivity index (χ0v) is 12.2. The Bertz CT molecular complexity index is 677. The van der Waals surface area contributed by atoms with Crippen molar-refractivity contribution >= 4 is 17.3 Å². The molecule has 0 radical (unpaired) electrons. The maximum atomic E-state index is 8.98. The van der Waals surface area contributed by atoms with Crippen LogP contribution in [0.2, 0.25) is 5.02 Å². The summed E-state index contributed by atoms with van der Waals surface area (Å²) < 4.78 is 5.61. The monoisotopic (exact) mass is 298 g/mol. The first-order valence-electron chi connectivity index (χ1n) is 6.49. The van der Waals surface area contributed by atoms with Gasteiger partial charge in [-0.3, -0.25) is 0 Å². The molecule has 0 saturated heterocycles. The van der Waals surface area contributed by atoms with E-state index in [1.165, 1.54) is 0 Å². The Morgan fingerprint density at radius 1 is 1.29 bits per heavy atom. The number of nitrogens with zero attached hydrogens (tertiary/aromatic N) is 1. The van der Waals surface area contributed by atoms with Gasteiger partial charge in [-0.05, 0) is 24.3 Å². The van der Waals surface area contributed by atoms with E-state index in [0.717, 1.165) is 17.0 Å². The molecule has 2 aromatic rings. The largest absolute Gasteiger partial charge is 0.489 e. The van der Waals surface area contributed by atoms with Gasteiger partial charge in [0.15, 0.2) is 0 Å². The summed E-state index contributed by atoms with van der Waals surface area (Å²) in [5, 5.41) is 12.7. The summed E-state index contributed by atoms with van der Waals surface area (Å²) in [5.74, 6) is 0.819. The van der Waals surface area contributed by atoms with Crippen molar-refractivity contribution in [3.05, 3.63) is 71.3 Å². The van der Waals surface area contributed by atoms with Crippen LogP contribution >= 0.6 is 11.6 Å². The average molecular weight is 299 g/mol. The maximum Gasteiger partial charge on any atom is 0.124 e. The van der Waals surface area contributed by atoms with Crippen LogP contribution in [0.15, 0.2) is 55.1 Å². The van der Waals surface area contributed by atoms with Crippen molar-refractivity contribution in [2.24, 2.45) is 0 Å². The van der Waals surface area contributed by atoms with Crippen molar-refractivity contribution in [3.63, 3.8) is 0 Å². The lowest BCUT2D eigenvalue weighted by Crippen LogP contribution is -2.03. The van der Waals surface area contributed by atoms with Crippen molar-refractivity contribution in [2.45, 2.75) is 6.54 Å². The van der Waals surface area contributed by atoms with Crippen molar-refractivity contribution in [3.8, 4) is 11.8 Å². The molecule has 0 aliphatic rings. The Balaban J connectivity index is 2.09. The molecule has 2 aromatic carbocycles. The molecule has 0 atom stereocenters. The molecule has 0 aliphatic heterocycles. The van der Waals surface area contributed by atoms with Gasteiger partial charge in [0.1, 0.15) is 18.4 Å². The molecular weight excluding hydrogens is 284 g/mol. The van der Waals surface area contributed by atoms with Crippen LogP contribution in [-0.2, 0) is 6.54 Å². The fourth-order valence-corrected chi connectivity index (χ4v) is 2.02. The van der Waals surface area contributed by atoms with E-state index < -0.39 is 0 Å². The molecule has 1 N–H and O–H groups in total. The third kappa shape index (κ3) is 4.01. The van der Waals surface area contributed by atoms with Gasteiger partial charge in [0, 0.05) is 17.8 Å². The van der Waals surface area contributed by atoms with Crippen LogP contribution in [0, 0.1) is 11.3 Å². The Kier molecular flexibility index (Phi) is 5.25. The summed E-state index contributed by atoms with van der Waals surface area (Å²) in [6, 6.07) is 15.2. The zero-order chi connectivity index (χ0) is 15.1. The molecule has 0 aliphatic carbocycles. The number of rotatable bonds is 6. The lowest BCUT2D eigenvalue weighted by atomic mass is 10.1. The minimum Gasteiger partial charge on any atom is -0.489 e. The van der Waals surface area contributed by atoms with Crippen molar-refractivity contribution in [1.29, 1.82) is 5.26 Å². The Labute approximate surface area is 129 Å². The molecule has 21 heavy (non-hydrogen) atoms. The number of hydrogen-bond acceptors (Lipinski definition) is 3. The molecular formula is C17H15ClN2O. The lowest BCUT2D eigenvalue weighted by Gasteiger charge is -2.12. The Morgan fingerprint density at radius 3 is 2.86 bits per heavy atom. The Morgan fingerprint density at radius 2 is 2.10 bits per heavy atom. The molecule has 106 valence electrons. The minimum atomic E-state index is 0.456. The molecule has 4 heteroatoms. The van der Waals surface area contributed by atoms with Crippen LogP contribution in [0.25, 0.3) is 0 Å². The van der Waals surface area contributed by atoms with Gasteiger partial charge in [0.2, 0.25) is 0 Å². The Hall–Kier alpha value is -2.44. The van der Waals surface area contributed by atoms with Gasteiger partial charge in [-0.15, -0.1) is 0 Å². The second kappa shape index (κ2) is 7.37. The average Bonchev–Trinajstić information content (AvgIpc) is 2.53. The quantitative estimate of drug-likeness (QED) is 0.805. The second-order valence-electron chi connectivity index (χ2n) is 4.37. The molecule has 3 nitrogen and oxygen atoms in total. The van der Waals surface area contributed by atoms with Gasteiger partial charge in [0.25, 0.3) is 0 Å². The van der Waals surface area contributed by atoms with Crippen molar-refractivity contribution < 1.29 is 4.74 Å². The number of halogens is 1. The number of para-hydroxylation sites is 1. The fraction of sp³-hybridized carbons (Fsp3) is 0.118. The van der Waals surface area contributed by atoms with Crippen LogP contribution in [-0.4, -0.2) is 6.61 Å². The van der Waals surface area contributed by atoms with Crippen LogP contribution in [0.3, 0.4) is 0 Å². The van der Waals surface area contributed by atoms with E-state index in [-0.39, 0.29) is 0 Å². The standard InChI is InChI=1S/C17H15ClN2O/c1-2-9-21-17-6-4-3-5-13(17)12-20-15-7-8-16(18)14(10-15)11-19/h2-8,10,20H,1,9,12H2. The van der Waals surface area contributed by atoms with Gasteiger partial charge >= 0.3 is 0 Å². The molecule has 0 unspecified atom stereocenters. The highest BCUT2D eigenvalue weighted by Gasteiger charge is 2.04. The first-order valence-corrected chi connectivity index (χ1v) is 6.87. The second-order valence-corrected chi connectivity index (χ2v) is 4.77. The number of ether oxygens (including phenoxy) is 1. The number of benzene rings is 2. The minimum absolute atomic E-state index is 0.456.